The van der Waals surface area contributed by atoms with Gasteiger partial charge in [0, 0.05) is 0 Å². The van der Waals surface area contributed by atoms with E-state index in [1.807, 2.05) is 0 Å². The molecule has 0 saturated heterocycles. The Labute approximate surface area is 278 Å². The third kappa shape index (κ3) is 5.28. The Morgan fingerprint density at radius 2 is 1.31 bits per heavy atom. The number of rotatable bonds is 2. The first-order valence-electron chi connectivity index (χ1n) is 16.8. The summed E-state index contributed by atoms with van der Waals surface area (Å²) in [5.41, 5.74) is 14.9. The Balaban J connectivity index is 1.60. The van der Waals surface area contributed by atoms with Crippen LogP contribution in [0.5, 0.6) is 0 Å². The molecule has 0 amide bonds. The van der Waals surface area contributed by atoms with Gasteiger partial charge in [0.2, 0.25) is 0 Å². The van der Waals surface area contributed by atoms with Crippen LogP contribution in [-0.4, -0.2) is 0 Å². The van der Waals surface area contributed by atoms with Crippen molar-refractivity contribution in [2.75, 3.05) is 0 Å². The van der Waals surface area contributed by atoms with Crippen LogP contribution in [0.2, 0.25) is 0 Å². The maximum absolute atomic E-state index is 2.75. The zero-order valence-electron chi connectivity index (χ0n) is 28.9. The summed E-state index contributed by atoms with van der Waals surface area (Å²) in [6.45, 7) is 23.8. The molecular weight excluding hydrogens is 620 g/mol. The molecular formula is C44H48Zr. The fraction of sp³-hybridized carbons (Fsp3) is 0.341. The topological polar surface area (TPSA) is 0 Å². The van der Waals surface area contributed by atoms with E-state index in [9.17, 15) is 0 Å². The van der Waals surface area contributed by atoms with Crippen molar-refractivity contribution in [3.63, 3.8) is 0 Å². The van der Waals surface area contributed by atoms with Crippen molar-refractivity contribution in [3.05, 3.63) is 130 Å². The maximum atomic E-state index is 2.67. The monoisotopic (exact) mass is 666 g/mol. The first-order valence-corrected chi connectivity index (χ1v) is 20.5. The SMILES string of the molecule is CC1C=C(C(C)(C)C)C=[C]1[Zr]([c]1cc(C(C)(C)C)cc2c1Cc1ccc(C(C)(C)C)cc1-2)=[c]1cccc2c1=Cc1ccccc1-2. The normalized spacial score (nSPS) is 17.6. The Bertz CT molecular complexity index is 2080. The minimum atomic E-state index is -2.75. The molecule has 0 heterocycles. The fourth-order valence-electron chi connectivity index (χ4n) is 7.52. The average Bonchev–Trinajstić information content (AvgIpc) is 3.65. The standard InChI is InChI=1S/C21H25.C13H8.C10H15.Zr/c1-20(2,3)16-9-7-14-11-15-8-10-17(21(4,5)6)13-19(15)18(14)12-16;1-3-7-12-10(5-1)9-11-6-2-4-8-13(11)12;1-8-5-6-9(7-8)10(2,3)4;/h7,9-10,12-13H,11H2,1-6H3;1-5,7-9H;6-8H,1-4H3;. The molecule has 0 saturated carbocycles. The summed E-state index contributed by atoms with van der Waals surface area (Å²) in [7, 11) is 0. The van der Waals surface area contributed by atoms with Crippen LogP contribution in [0.1, 0.15) is 97.1 Å². The molecule has 4 aromatic rings. The zero-order chi connectivity index (χ0) is 32.1. The quantitative estimate of drug-likeness (QED) is 0.172. The summed E-state index contributed by atoms with van der Waals surface area (Å²) in [6, 6.07) is 28.7. The van der Waals surface area contributed by atoms with Crippen molar-refractivity contribution in [3.8, 4) is 22.3 Å². The molecule has 0 aliphatic heterocycles. The van der Waals surface area contributed by atoms with Gasteiger partial charge in [-0.1, -0.05) is 0 Å². The number of hydrogen-bond donors (Lipinski definition) is 0. The molecule has 0 bridgehead atoms. The van der Waals surface area contributed by atoms with Crippen LogP contribution in [0, 0.1) is 14.2 Å². The van der Waals surface area contributed by atoms with E-state index in [0.717, 1.165) is 6.42 Å². The van der Waals surface area contributed by atoms with E-state index in [-0.39, 0.29) is 16.2 Å². The summed E-state index contributed by atoms with van der Waals surface area (Å²) >= 11 is -2.75. The van der Waals surface area contributed by atoms with Gasteiger partial charge < -0.3 is 0 Å². The molecule has 45 heavy (non-hydrogen) atoms. The van der Waals surface area contributed by atoms with Crippen LogP contribution < -0.4 is 8.49 Å². The van der Waals surface area contributed by atoms with E-state index in [0.29, 0.717) is 5.92 Å². The summed E-state index contributed by atoms with van der Waals surface area (Å²) in [5, 5.41) is 1.48. The summed E-state index contributed by atoms with van der Waals surface area (Å²) in [6.07, 6.45) is 8.77. The van der Waals surface area contributed by atoms with Gasteiger partial charge in [0.1, 0.15) is 0 Å². The van der Waals surface area contributed by atoms with Crippen LogP contribution in [0.25, 0.3) is 28.3 Å². The van der Waals surface area contributed by atoms with Crippen molar-refractivity contribution >= 4 is 9.35 Å². The van der Waals surface area contributed by atoms with E-state index in [1.165, 1.54) is 55.3 Å². The Kier molecular flexibility index (Phi) is 7.22. The predicted molar refractivity (Wildman–Crippen MR) is 190 cm³/mol. The minimum absolute atomic E-state index is 0.0634. The molecule has 3 aliphatic rings. The molecule has 0 fully saturated rings. The summed E-state index contributed by atoms with van der Waals surface area (Å²) < 4.78 is 5.04. The molecule has 0 nitrogen and oxygen atoms in total. The number of fused-ring (bicyclic) bond motifs is 6. The van der Waals surface area contributed by atoms with E-state index in [1.54, 1.807) is 15.0 Å². The van der Waals surface area contributed by atoms with E-state index in [4.69, 9.17) is 0 Å². The molecule has 0 radical (unpaired) electrons. The van der Waals surface area contributed by atoms with Gasteiger partial charge in [-0.3, -0.25) is 0 Å². The average molecular weight is 668 g/mol. The van der Waals surface area contributed by atoms with Crippen molar-refractivity contribution in [1.82, 2.24) is 0 Å². The Morgan fingerprint density at radius 3 is 2.00 bits per heavy atom. The van der Waals surface area contributed by atoms with Crippen molar-refractivity contribution in [1.29, 1.82) is 0 Å². The van der Waals surface area contributed by atoms with Gasteiger partial charge in [-0.05, 0) is 0 Å². The third-order valence-corrected chi connectivity index (χ3v) is 18.0. The predicted octanol–water partition coefficient (Wildman–Crippen LogP) is 10.4. The number of allylic oxidation sites excluding steroid dienone is 4. The van der Waals surface area contributed by atoms with Crippen molar-refractivity contribution < 1.29 is 21.3 Å². The molecule has 1 atom stereocenters. The molecule has 0 aromatic heterocycles. The molecule has 3 aliphatic carbocycles. The second-order valence-corrected chi connectivity index (χ2v) is 22.6. The second kappa shape index (κ2) is 10.6. The van der Waals surface area contributed by atoms with Crippen LogP contribution in [0.3, 0.4) is 0 Å². The van der Waals surface area contributed by atoms with Crippen LogP contribution in [0.4, 0.5) is 0 Å². The van der Waals surface area contributed by atoms with Gasteiger partial charge in [0.25, 0.3) is 0 Å². The van der Waals surface area contributed by atoms with Gasteiger partial charge in [-0.2, -0.15) is 0 Å². The fourth-order valence-corrected chi connectivity index (χ4v) is 15.7. The van der Waals surface area contributed by atoms with Gasteiger partial charge in [0.15, 0.2) is 0 Å². The molecule has 0 spiro atoms. The second-order valence-electron chi connectivity index (χ2n) is 16.7. The van der Waals surface area contributed by atoms with Gasteiger partial charge in [-0.25, -0.2) is 0 Å². The number of benzene rings is 4. The number of hydrogen-bond acceptors (Lipinski definition) is 0. The van der Waals surface area contributed by atoms with Gasteiger partial charge in [-0.15, -0.1) is 0 Å². The van der Waals surface area contributed by atoms with Crippen LogP contribution >= 0.6 is 0 Å². The van der Waals surface area contributed by atoms with Crippen molar-refractivity contribution in [2.24, 2.45) is 11.3 Å². The zero-order valence-corrected chi connectivity index (χ0v) is 31.4. The Hall–Kier alpha value is -2.89. The van der Waals surface area contributed by atoms with Crippen LogP contribution in [-0.2, 0) is 38.5 Å². The summed E-state index contributed by atoms with van der Waals surface area (Å²) in [4.78, 5) is 0. The van der Waals surface area contributed by atoms with E-state index in [2.05, 4.69) is 160 Å². The van der Waals surface area contributed by atoms with E-state index < -0.39 is 21.3 Å². The summed E-state index contributed by atoms with van der Waals surface area (Å²) in [5.74, 6) is 0.457. The van der Waals surface area contributed by atoms with Crippen LogP contribution in [0.15, 0.2) is 93.8 Å². The molecule has 1 unspecified atom stereocenters. The Morgan fingerprint density at radius 1 is 0.622 bits per heavy atom. The molecule has 1 heteroatoms. The first kappa shape index (κ1) is 30.8. The van der Waals surface area contributed by atoms with E-state index >= 15 is 0 Å². The van der Waals surface area contributed by atoms with Gasteiger partial charge >= 0.3 is 280 Å². The first-order chi connectivity index (χ1) is 21.1. The van der Waals surface area contributed by atoms with Crippen molar-refractivity contribution in [2.45, 2.75) is 86.5 Å². The molecule has 4 aromatic carbocycles. The molecule has 7 rings (SSSR count). The van der Waals surface area contributed by atoms with Gasteiger partial charge in [0.05, 0.1) is 0 Å². The molecule has 228 valence electrons. The third-order valence-electron chi connectivity index (χ3n) is 10.3. The molecule has 0 N–H and O–H groups in total.